The van der Waals surface area contributed by atoms with E-state index in [0.29, 0.717) is 5.13 Å². The van der Waals surface area contributed by atoms with Crippen molar-refractivity contribution in [3.8, 4) is 22.5 Å². The Labute approximate surface area is 156 Å². The van der Waals surface area contributed by atoms with Crippen molar-refractivity contribution in [2.45, 2.75) is 19.9 Å². The molecule has 0 aliphatic carbocycles. The number of thiazole rings is 1. The van der Waals surface area contributed by atoms with Crippen molar-refractivity contribution in [2.24, 2.45) is 7.05 Å². The number of nitrogens with two attached hydrogens (primary N) is 1. The molecule has 0 unspecified atom stereocenters. The minimum absolute atomic E-state index is 0.610. The van der Waals surface area contributed by atoms with Crippen LogP contribution in [0.5, 0.6) is 0 Å². The third-order valence-electron chi connectivity index (χ3n) is 4.33. The number of imidazole rings is 1. The number of benzene rings is 1. The monoisotopic (exact) mass is 364 g/mol. The Kier molecular flexibility index (Phi) is 4.30. The van der Waals surface area contributed by atoms with Crippen LogP contribution in [-0.4, -0.2) is 24.3 Å². The molecule has 0 aliphatic rings. The first-order valence-corrected chi connectivity index (χ1v) is 9.31. The molecule has 0 bridgehead atoms. The van der Waals surface area contributed by atoms with Gasteiger partial charge in [0.2, 0.25) is 0 Å². The highest BCUT2D eigenvalue weighted by Crippen LogP contribution is 2.33. The smallest absolute Gasteiger partial charge is 0.180 e. The van der Waals surface area contributed by atoms with E-state index in [1.54, 1.807) is 0 Å². The van der Waals surface area contributed by atoms with Gasteiger partial charge in [0.05, 0.1) is 29.1 Å². The molecule has 0 fully saturated rings. The molecule has 2 N–H and O–H groups in total. The second kappa shape index (κ2) is 6.76. The van der Waals surface area contributed by atoms with E-state index in [1.807, 2.05) is 48.6 Å². The maximum absolute atomic E-state index is 5.75. The van der Waals surface area contributed by atoms with Crippen molar-refractivity contribution in [2.75, 3.05) is 5.73 Å². The molecule has 0 saturated heterocycles. The zero-order valence-corrected chi connectivity index (χ0v) is 15.6. The Hall–Kier alpha value is -2.93. The summed E-state index contributed by atoms with van der Waals surface area (Å²) in [5, 5.41) is 7.14. The lowest BCUT2D eigenvalue weighted by Crippen LogP contribution is -2.03. The molecule has 6 nitrogen and oxygen atoms in total. The average molecular weight is 364 g/mol. The van der Waals surface area contributed by atoms with Crippen molar-refractivity contribution < 1.29 is 0 Å². The lowest BCUT2D eigenvalue weighted by atomic mass is 10.1. The molecular formula is C19H20N6S. The quantitative estimate of drug-likeness (QED) is 0.588. The summed E-state index contributed by atoms with van der Waals surface area (Å²) in [7, 11) is 1.94. The van der Waals surface area contributed by atoms with Crippen LogP contribution in [-0.2, 0) is 20.0 Å². The third-order valence-corrected chi connectivity index (χ3v) is 5.05. The highest BCUT2D eigenvalue weighted by atomic mass is 32.1. The van der Waals surface area contributed by atoms with Crippen LogP contribution >= 0.6 is 11.3 Å². The SMILES string of the molecule is Cc1nn(C)cc1-c1c(-c2ccccc2)ncn1CCc1csc(N)n1. The number of nitrogens with zero attached hydrogens (tertiary/aromatic N) is 5. The third kappa shape index (κ3) is 3.13. The second-order valence-corrected chi connectivity index (χ2v) is 7.12. The van der Waals surface area contributed by atoms with Crippen LogP contribution in [0.1, 0.15) is 11.4 Å². The van der Waals surface area contributed by atoms with Crippen molar-refractivity contribution in [3.63, 3.8) is 0 Å². The summed E-state index contributed by atoms with van der Waals surface area (Å²) in [6.45, 7) is 2.81. The maximum Gasteiger partial charge on any atom is 0.180 e. The Morgan fingerprint density at radius 1 is 1.19 bits per heavy atom. The zero-order chi connectivity index (χ0) is 18.1. The first-order valence-electron chi connectivity index (χ1n) is 8.43. The predicted octanol–water partition coefficient (Wildman–Crippen LogP) is 3.54. The van der Waals surface area contributed by atoms with E-state index in [9.17, 15) is 0 Å². The molecule has 0 spiro atoms. The molecule has 26 heavy (non-hydrogen) atoms. The summed E-state index contributed by atoms with van der Waals surface area (Å²) in [6, 6.07) is 10.3. The first kappa shape index (κ1) is 16.5. The molecular weight excluding hydrogens is 344 g/mol. The molecule has 4 rings (SSSR count). The number of rotatable bonds is 5. The van der Waals surface area contributed by atoms with E-state index in [4.69, 9.17) is 10.7 Å². The summed E-state index contributed by atoms with van der Waals surface area (Å²) < 4.78 is 4.03. The molecule has 3 heterocycles. The van der Waals surface area contributed by atoms with Crippen molar-refractivity contribution in [1.29, 1.82) is 0 Å². The van der Waals surface area contributed by atoms with Crippen LogP contribution in [0, 0.1) is 6.92 Å². The molecule has 7 heteroatoms. The fraction of sp³-hybridized carbons (Fsp3) is 0.211. The molecule has 132 valence electrons. The maximum atomic E-state index is 5.75. The number of anilines is 1. The van der Waals surface area contributed by atoms with E-state index in [1.165, 1.54) is 11.3 Å². The van der Waals surface area contributed by atoms with Crippen molar-refractivity contribution in [1.82, 2.24) is 24.3 Å². The Morgan fingerprint density at radius 3 is 2.65 bits per heavy atom. The van der Waals surface area contributed by atoms with Gasteiger partial charge in [-0.1, -0.05) is 30.3 Å². The topological polar surface area (TPSA) is 74.5 Å². The fourth-order valence-corrected chi connectivity index (χ4v) is 3.74. The van der Waals surface area contributed by atoms with Gasteiger partial charge in [-0.2, -0.15) is 5.10 Å². The fourth-order valence-electron chi connectivity index (χ4n) is 3.15. The number of hydrogen-bond donors (Lipinski definition) is 1. The molecule has 3 aromatic heterocycles. The van der Waals surface area contributed by atoms with E-state index in [-0.39, 0.29) is 0 Å². The van der Waals surface area contributed by atoms with Crippen molar-refractivity contribution in [3.05, 3.63) is 59.6 Å². The van der Waals surface area contributed by atoms with Crippen LogP contribution in [0.15, 0.2) is 48.2 Å². The number of aromatic nitrogens is 5. The minimum atomic E-state index is 0.610. The van der Waals surface area contributed by atoms with Crippen LogP contribution in [0.2, 0.25) is 0 Å². The lowest BCUT2D eigenvalue weighted by Gasteiger charge is -2.09. The Bertz CT molecular complexity index is 1030. The molecule has 0 atom stereocenters. The molecule has 0 radical (unpaired) electrons. The first-order chi connectivity index (χ1) is 12.6. The van der Waals surface area contributed by atoms with E-state index < -0.39 is 0 Å². The van der Waals surface area contributed by atoms with Gasteiger partial charge in [0.25, 0.3) is 0 Å². The van der Waals surface area contributed by atoms with E-state index in [0.717, 1.165) is 46.9 Å². The zero-order valence-electron chi connectivity index (χ0n) is 14.8. The van der Waals surface area contributed by atoms with Gasteiger partial charge >= 0.3 is 0 Å². The number of aryl methyl sites for hydroxylation is 4. The standard InChI is InChI=1S/C19H20N6S/c1-13-16(10-24(2)23-13)18-17(14-6-4-3-5-7-14)21-12-25(18)9-8-15-11-26-19(20)22-15/h3-7,10-12H,8-9H2,1-2H3,(H2,20,22). The number of nitrogen functional groups attached to an aromatic ring is 1. The minimum Gasteiger partial charge on any atom is -0.375 e. The summed E-state index contributed by atoms with van der Waals surface area (Å²) in [6.07, 6.45) is 4.76. The lowest BCUT2D eigenvalue weighted by molar-refractivity contribution is 0.693. The average Bonchev–Trinajstić information content (AvgIpc) is 3.32. The normalized spacial score (nSPS) is 11.2. The van der Waals surface area contributed by atoms with Gasteiger partial charge in [0, 0.05) is 42.7 Å². The predicted molar refractivity (Wildman–Crippen MR) is 105 cm³/mol. The van der Waals surface area contributed by atoms with Gasteiger partial charge in [-0.05, 0) is 6.92 Å². The molecule has 0 saturated carbocycles. The van der Waals surface area contributed by atoms with Crippen LogP contribution in [0.3, 0.4) is 0 Å². The highest BCUT2D eigenvalue weighted by molar-refractivity contribution is 7.13. The van der Waals surface area contributed by atoms with Crippen LogP contribution in [0.4, 0.5) is 5.13 Å². The largest absolute Gasteiger partial charge is 0.375 e. The van der Waals surface area contributed by atoms with Gasteiger partial charge < -0.3 is 10.3 Å². The Balaban J connectivity index is 1.76. The van der Waals surface area contributed by atoms with Gasteiger partial charge in [-0.15, -0.1) is 11.3 Å². The van der Waals surface area contributed by atoms with Crippen LogP contribution < -0.4 is 5.73 Å². The molecule has 0 aliphatic heterocycles. The summed E-state index contributed by atoms with van der Waals surface area (Å²) in [5.74, 6) is 0. The summed E-state index contributed by atoms with van der Waals surface area (Å²) in [4.78, 5) is 9.07. The Morgan fingerprint density at radius 2 is 2.00 bits per heavy atom. The van der Waals surface area contributed by atoms with Crippen molar-refractivity contribution >= 4 is 16.5 Å². The second-order valence-electron chi connectivity index (χ2n) is 6.23. The van der Waals surface area contributed by atoms with Gasteiger partial charge in [0.15, 0.2) is 5.13 Å². The van der Waals surface area contributed by atoms with E-state index >= 15 is 0 Å². The highest BCUT2D eigenvalue weighted by Gasteiger charge is 2.18. The summed E-state index contributed by atoms with van der Waals surface area (Å²) in [5.41, 5.74) is 12.0. The van der Waals surface area contributed by atoms with Gasteiger partial charge in [-0.3, -0.25) is 4.68 Å². The van der Waals surface area contributed by atoms with Gasteiger partial charge in [0.1, 0.15) is 0 Å². The summed E-state index contributed by atoms with van der Waals surface area (Å²) >= 11 is 1.48. The molecule has 4 aromatic rings. The molecule has 1 aromatic carbocycles. The van der Waals surface area contributed by atoms with E-state index in [2.05, 4.69) is 33.0 Å². The number of hydrogen-bond acceptors (Lipinski definition) is 5. The van der Waals surface area contributed by atoms with Crippen LogP contribution in [0.25, 0.3) is 22.5 Å². The van der Waals surface area contributed by atoms with Gasteiger partial charge in [-0.25, -0.2) is 9.97 Å². The molecule has 0 amide bonds.